The van der Waals surface area contributed by atoms with Crippen molar-refractivity contribution in [3.8, 4) is 5.75 Å². The predicted molar refractivity (Wildman–Crippen MR) is 100 cm³/mol. The lowest BCUT2D eigenvalue weighted by molar-refractivity contribution is -0.113. The smallest absolute Gasteiger partial charge is 0.270 e. The molecule has 1 amide bonds. The summed E-state index contributed by atoms with van der Waals surface area (Å²) in [5.41, 5.74) is 1.07. The van der Waals surface area contributed by atoms with Crippen molar-refractivity contribution in [1.82, 2.24) is 0 Å². The van der Waals surface area contributed by atoms with E-state index >= 15 is 0 Å². The molecule has 0 aromatic heterocycles. The topological polar surface area (TPSA) is 40.5 Å². The maximum Gasteiger partial charge on any atom is 0.270 e. The van der Waals surface area contributed by atoms with E-state index in [0.29, 0.717) is 25.5 Å². The maximum absolute atomic E-state index is 12.6. The van der Waals surface area contributed by atoms with Gasteiger partial charge in [-0.05, 0) is 30.3 Å². The number of amides is 1. The highest BCUT2D eigenvalue weighted by molar-refractivity contribution is 8.27. The van der Waals surface area contributed by atoms with E-state index in [4.69, 9.17) is 35.4 Å². The Morgan fingerprint density at radius 3 is 2.57 bits per heavy atom. The van der Waals surface area contributed by atoms with Crippen LogP contribution in [0.25, 0.3) is 6.08 Å². The number of carbonyl (C=O) groups excluding carboxylic acids is 1. The number of para-hydroxylation sites is 1. The molecule has 0 radical (unpaired) electrons. The molecular weight excluding hydrogens is 373 g/mol. The van der Waals surface area contributed by atoms with Gasteiger partial charge in [0, 0.05) is 10.6 Å². The molecule has 0 aliphatic carbocycles. The fraction of sp³-hybridized carbons (Fsp3) is 0. The maximum atomic E-state index is 12.6. The number of benzene rings is 2. The number of halogens is 2. The van der Waals surface area contributed by atoms with Gasteiger partial charge in [0.1, 0.15) is 5.75 Å². The summed E-state index contributed by atoms with van der Waals surface area (Å²) < 4.78 is 0.431. The van der Waals surface area contributed by atoms with Gasteiger partial charge in [-0.3, -0.25) is 9.69 Å². The molecule has 1 aliphatic heterocycles. The molecule has 0 unspecified atom stereocenters. The van der Waals surface area contributed by atoms with Gasteiger partial charge in [-0.2, -0.15) is 0 Å². The van der Waals surface area contributed by atoms with E-state index < -0.39 is 0 Å². The first-order valence-electron chi connectivity index (χ1n) is 6.48. The van der Waals surface area contributed by atoms with Gasteiger partial charge in [0.25, 0.3) is 5.91 Å². The molecule has 3 rings (SSSR count). The van der Waals surface area contributed by atoms with Crippen molar-refractivity contribution < 1.29 is 9.90 Å². The number of aromatic hydroxyl groups is 1. The van der Waals surface area contributed by atoms with E-state index in [-0.39, 0.29) is 16.7 Å². The first-order chi connectivity index (χ1) is 11.0. The molecule has 1 fully saturated rings. The van der Waals surface area contributed by atoms with Crippen LogP contribution in [0.4, 0.5) is 5.69 Å². The normalized spacial score (nSPS) is 16.4. The Morgan fingerprint density at radius 2 is 1.87 bits per heavy atom. The van der Waals surface area contributed by atoms with Crippen molar-refractivity contribution in [3.63, 3.8) is 0 Å². The van der Waals surface area contributed by atoms with Crippen LogP contribution in [0.15, 0.2) is 47.4 Å². The molecule has 116 valence electrons. The number of phenols is 1. The molecule has 7 heteroatoms. The summed E-state index contributed by atoms with van der Waals surface area (Å²) in [4.78, 5) is 14.5. The highest BCUT2D eigenvalue weighted by Crippen LogP contribution is 2.39. The molecule has 0 bridgehead atoms. The monoisotopic (exact) mass is 381 g/mol. The lowest BCUT2D eigenvalue weighted by Crippen LogP contribution is -2.27. The second kappa shape index (κ2) is 6.53. The Hall–Kier alpha value is -1.53. The van der Waals surface area contributed by atoms with Crippen LogP contribution in [0.1, 0.15) is 5.56 Å². The third-order valence-corrected chi connectivity index (χ3v) is 4.96. The van der Waals surface area contributed by atoms with Crippen LogP contribution in [0.5, 0.6) is 5.75 Å². The quantitative estimate of drug-likeness (QED) is 0.579. The van der Waals surface area contributed by atoms with E-state index in [1.165, 1.54) is 23.1 Å². The molecule has 23 heavy (non-hydrogen) atoms. The minimum Gasteiger partial charge on any atom is -0.506 e. The number of hydrogen-bond acceptors (Lipinski definition) is 4. The summed E-state index contributed by atoms with van der Waals surface area (Å²) in [6.45, 7) is 0. The van der Waals surface area contributed by atoms with Crippen LogP contribution >= 0.6 is 47.2 Å². The van der Waals surface area contributed by atoms with Gasteiger partial charge in [-0.25, -0.2) is 0 Å². The number of carbonyl (C=O) groups is 1. The van der Waals surface area contributed by atoms with Crippen molar-refractivity contribution in [2.75, 3.05) is 4.90 Å². The standard InChI is InChI=1S/C16H9Cl2NO2S2/c17-10-6-9(14(20)12(18)8-10)7-13-15(21)19(16(22)23-13)11-4-2-1-3-5-11/h1-8,20H/b13-7+. The van der Waals surface area contributed by atoms with Gasteiger partial charge in [0.2, 0.25) is 0 Å². The van der Waals surface area contributed by atoms with Crippen molar-refractivity contribution >= 4 is 69.2 Å². The van der Waals surface area contributed by atoms with Gasteiger partial charge in [-0.1, -0.05) is 65.4 Å². The van der Waals surface area contributed by atoms with Crippen molar-refractivity contribution in [1.29, 1.82) is 0 Å². The number of thiocarbonyl (C=S) groups is 1. The van der Waals surface area contributed by atoms with Crippen LogP contribution in [-0.2, 0) is 4.79 Å². The third-order valence-electron chi connectivity index (χ3n) is 3.15. The van der Waals surface area contributed by atoms with E-state index in [9.17, 15) is 9.90 Å². The minimum absolute atomic E-state index is 0.124. The summed E-state index contributed by atoms with van der Waals surface area (Å²) in [6, 6.07) is 12.1. The van der Waals surface area contributed by atoms with Gasteiger partial charge in [-0.15, -0.1) is 0 Å². The Balaban J connectivity index is 2.00. The second-order valence-corrected chi connectivity index (χ2v) is 7.20. The molecule has 1 heterocycles. The highest BCUT2D eigenvalue weighted by atomic mass is 35.5. The molecule has 3 nitrogen and oxygen atoms in total. The molecule has 0 atom stereocenters. The number of phenolic OH excluding ortho intramolecular Hbond substituents is 1. The lowest BCUT2D eigenvalue weighted by Gasteiger charge is -2.13. The SMILES string of the molecule is O=C1/C(=C\c2cc(Cl)cc(Cl)c2O)SC(=S)N1c1ccccc1. The number of hydrogen-bond donors (Lipinski definition) is 1. The van der Waals surface area contributed by atoms with Crippen molar-refractivity contribution in [2.45, 2.75) is 0 Å². The largest absolute Gasteiger partial charge is 0.506 e. The number of rotatable bonds is 2. The van der Waals surface area contributed by atoms with Crippen LogP contribution in [0.2, 0.25) is 10.0 Å². The zero-order valence-electron chi connectivity index (χ0n) is 11.5. The average molecular weight is 382 g/mol. The van der Waals surface area contributed by atoms with E-state index in [1.807, 2.05) is 18.2 Å². The van der Waals surface area contributed by atoms with Gasteiger partial charge in [0.05, 0.1) is 15.6 Å². The summed E-state index contributed by atoms with van der Waals surface area (Å²) in [5.74, 6) is -0.372. The summed E-state index contributed by atoms with van der Waals surface area (Å²) in [6.07, 6.45) is 1.54. The summed E-state index contributed by atoms with van der Waals surface area (Å²) in [7, 11) is 0. The lowest BCUT2D eigenvalue weighted by atomic mass is 10.2. The Kier molecular flexibility index (Phi) is 4.64. The summed E-state index contributed by atoms with van der Waals surface area (Å²) >= 11 is 18.3. The molecular formula is C16H9Cl2NO2S2. The number of nitrogens with zero attached hydrogens (tertiary/aromatic N) is 1. The minimum atomic E-state index is -0.248. The molecule has 2 aromatic rings. The first-order valence-corrected chi connectivity index (χ1v) is 8.46. The zero-order chi connectivity index (χ0) is 16.6. The van der Waals surface area contributed by atoms with Crippen molar-refractivity contribution in [2.24, 2.45) is 0 Å². The third kappa shape index (κ3) is 3.23. The number of anilines is 1. The van der Waals surface area contributed by atoms with E-state index in [2.05, 4.69) is 0 Å². The Morgan fingerprint density at radius 1 is 1.17 bits per heavy atom. The first kappa shape index (κ1) is 16.3. The molecule has 0 saturated carbocycles. The number of thioether (sulfide) groups is 1. The molecule has 2 aromatic carbocycles. The fourth-order valence-electron chi connectivity index (χ4n) is 2.10. The van der Waals surface area contributed by atoms with Crippen LogP contribution in [0, 0.1) is 0 Å². The van der Waals surface area contributed by atoms with E-state index in [1.54, 1.807) is 12.1 Å². The highest BCUT2D eigenvalue weighted by Gasteiger charge is 2.33. The van der Waals surface area contributed by atoms with Crippen LogP contribution in [-0.4, -0.2) is 15.3 Å². The predicted octanol–water partition coefficient (Wildman–Crippen LogP) is 5.10. The molecule has 1 N–H and O–H groups in total. The average Bonchev–Trinajstić information content (AvgIpc) is 2.79. The Bertz CT molecular complexity index is 837. The summed E-state index contributed by atoms with van der Waals surface area (Å²) in [5, 5.41) is 10.5. The van der Waals surface area contributed by atoms with Gasteiger partial charge < -0.3 is 5.11 Å². The molecule has 1 aliphatic rings. The second-order valence-electron chi connectivity index (χ2n) is 4.68. The fourth-order valence-corrected chi connectivity index (χ4v) is 3.90. The van der Waals surface area contributed by atoms with E-state index in [0.717, 1.165) is 11.8 Å². The Labute approximate surface area is 152 Å². The van der Waals surface area contributed by atoms with Crippen LogP contribution in [0.3, 0.4) is 0 Å². The zero-order valence-corrected chi connectivity index (χ0v) is 14.6. The van der Waals surface area contributed by atoms with Crippen LogP contribution < -0.4 is 4.90 Å². The van der Waals surface area contributed by atoms with Crippen molar-refractivity contribution in [3.05, 3.63) is 63.0 Å². The van der Waals surface area contributed by atoms with Gasteiger partial charge in [0.15, 0.2) is 4.32 Å². The van der Waals surface area contributed by atoms with Gasteiger partial charge >= 0.3 is 0 Å². The molecule has 0 spiro atoms. The molecule has 1 saturated heterocycles.